The second kappa shape index (κ2) is 5.24. The van der Waals surface area contributed by atoms with Gasteiger partial charge in [0.25, 0.3) is 0 Å². The van der Waals surface area contributed by atoms with Crippen LogP contribution in [0.3, 0.4) is 0 Å². The lowest BCUT2D eigenvalue weighted by molar-refractivity contribution is 0.565. The molecular weight excluding hydrogens is 328 g/mol. The van der Waals surface area contributed by atoms with Crippen molar-refractivity contribution in [2.75, 3.05) is 0 Å². The number of aryl methyl sites for hydroxylation is 2. The average Bonchev–Trinajstić information content (AvgIpc) is 3.09. The largest absolute Gasteiger partial charge is 0.268 e. The standard InChI is InChI=1S/C11H15BrN6S/c1-3-17-9(10(12)7(2)14-17)6-19-11-13-15-16-18(11)8-4-5-8/h8H,3-6H2,1-2H3. The summed E-state index contributed by atoms with van der Waals surface area (Å²) in [4.78, 5) is 0. The molecule has 102 valence electrons. The summed E-state index contributed by atoms with van der Waals surface area (Å²) < 4.78 is 5.06. The topological polar surface area (TPSA) is 61.4 Å². The van der Waals surface area contributed by atoms with Crippen LogP contribution in [0.5, 0.6) is 0 Å². The average molecular weight is 343 g/mol. The molecule has 1 aliphatic rings. The minimum atomic E-state index is 0.513. The summed E-state index contributed by atoms with van der Waals surface area (Å²) in [5.41, 5.74) is 2.22. The zero-order chi connectivity index (χ0) is 13.4. The number of tetrazole rings is 1. The van der Waals surface area contributed by atoms with Gasteiger partial charge in [-0.05, 0) is 53.0 Å². The highest BCUT2D eigenvalue weighted by atomic mass is 79.9. The fraction of sp³-hybridized carbons (Fsp3) is 0.636. The van der Waals surface area contributed by atoms with Crippen molar-refractivity contribution in [1.82, 2.24) is 30.0 Å². The molecule has 0 atom stereocenters. The number of nitrogens with zero attached hydrogens (tertiary/aromatic N) is 6. The Morgan fingerprint density at radius 3 is 2.89 bits per heavy atom. The Balaban J connectivity index is 1.77. The van der Waals surface area contributed by atoms with Crippen LogP contribution in [0.2, 0.25) is 0 Å². The molecule has 19 heavy (non-hydrogen) atoms. The number of aromatic nitrogens is 6. The molecule has 1 saturated carbocycles. The summed E-state index contributed by atoms with van der Waals surface area (Å²) in [6, 6.07) is 0.513. The molecule has 2 aromatic rings. The van der Waals surface area contributed by atoms with Crippen LogP contribution in [0.15, 0.2) is 9.63 Å². The number of hydrogen-bond donors (Lipinski definition) is 0. The van der Waals surface area contributed by atoms with Gasteiger partial charge >= 0.3 is 0 Å². The number of thioether (sulfide) groups is 1. The van der Waals surface area contributed by atoms with Crippen molar-refractivity contribution in [1.29, 1.82) is 0 Å². The zero-order valence-electron chi connectivity index (χ0n) is 10.9. The first-order chi connectivity index (χ1) is 9.20. The quantitative estimate of drug-likeness (QED) is 0.781. The third-order valence-electron chi connectivity index (χ3n) is 3.15. The Morgan fingerprint density at radius 1 is 1.42 bits per heavy atom. The molecule has 0 N–H and O–H groups in total. The molecule has 1 fully saturated rings. The van der Waals surface area contributed by atoms with Crippen molar-refractivity contribution in [2.24, 2.45) is 0 Å². The summed E-state index contributed by atoms with van der Waals surface area (Å²) in [7, 11) is 0. The molecule has 0 spiro atoms. The normalized spacial score (nSPS) is 15.1. The van der Waals surface area contributed by atoms with Crippen LogP contribution in [0.25, 0.3) is 0 Å². The molecular formula is C11H15BrN6S. The molecule has 2 heterocycles. The van der Waals surface area contributed by atoms with Gasteiger partial charge in [0.2, 0.25) is 5.16 Å². The lowest BCUT2D eigenvalue weighted by atomic mass is 10.4. The third-order valence-corrected chi connectivity index (χ3v) is 5.12. The Morgan fingerprint density at radius 2 is 2.21 bits per heavy atom. The number of rotatable bonds is 5. The smallest absolute Gasteiger partial charge is 0.209 e. The lowest BCUT2D eigenvalue weighted by Crippen LogP contribution is -2.03. The first kappa shape index (κ1) is 13.1. The van der Waals surface area contributed by atoms with Crippen LogP contribution in [0.4, 0.5) is 0 Å². The molecule has 0 aromatic carbocycles. The summed E-state index contributed by atoms with van der Waals surface area (Å²) in [6.45, 7) is 4.98. The van der Waals surface area contributed by atoms with Gasteiger partial charge in [-0.15, -0.1) is 5.10 Å². The van der Waals surface area contributed by atoms with Crippen LogP contribution in [-0.4, -0.2) is 30.0 Å². The predicted molar refractivity (Wildman–Crippen MR) is 76.0 cm³/mol. The molecule has 8 heteroatoms. The van der Waals surface area contributed by atoms with Gasteiger partial charge < -0.3 is 0 Å². The highest BCUT2D eigenvalue weighted by Gasteiger charge is 2.28. The van der Waals surface area contributed by atoms with Crippen molar-refractivity contribution in [3.05, 3.63) is 15.9 Å². The van der Waals surface area contributed by atoms with Crippen LogP contribution in [-0.2, 0) is 12.3 Å². The molecule has 0 saturated heterocycles. The van der Waals surface area contributed by atoms with Gasteiger partial charge in [-0.2, -0.15) is 5.10 Å². The van der Waals surface area contributed by atoms with E-state index in [2.05, 4.69) is 43.5 Å². The summed E-state index contributed by atoms with van der Waals surface area (Å²) in [5.74, 6) is 0.822. The van der Waals surface area contributed by atoms with Gasteiger partial charge in [-0.25, -0.2) is 4.68 Å². The van der Waals surface area contributed by atoms with E-state index in [4.69, 9.17) is 0 Å². The van der Waals surface area contributed by atoms with Gasteiger partial charge in [0.1, 0.15) is 0 Å². The molecule has 0 amide bonds. The second-order valence-corrected chi connectivity index (χ2v) is 6.32. The number of hydrogen-bond acceptors (Lipinski definition) is 5. The SMILES string of the molecule is CCn1nc(C)c(Br)c1CSc1nnnn1C1CC1. The molecule has 0 aliphatic heterocycles. The van der Waals surface area contributed by atoms with E-state index in [0.29, 0.717) is 6.04 Å². The number of halogens is 1. The fourth-order valence-corrected chi connectivity index (χ4v) is 3.55. The minimum Gasteiger partial charge on any atom is -0.268 e. The Kier molecular flexibility index (Phi) is 3.62. The Labute approximate surface area is 124 Å². The predicted octanol–water partition coefficient (Wildman–Crippen LogP) is 2.59. The zero-order valence-corrected chi connectivity index (χ0v) is 13.3. The van der Waals surface area contributed by atoms with Crippen LogP contribution in [0, 0.1) is 6.92 Å². The first-order valence-corrected chi connectivity index (χ1v) is 8.11. The van der Waals surface area contributed by atoms with Gasteiger partial charge in [0, 0.05) is 12.3 Å². The molecule has 0 bridgehead atoms. The second-order valence-electron chi connectivity index (χ2n) is 4.59. The maximum Gasteiger partial charge on any atom is 0.209 e. The highest BCUT2D eigenvalue weighted by molar-refractivity contribution is 9.10. The monoisotopic (exact) mass is 342 g/mol. The summed E-state index contributed by atoms with van der Waals surface area (Å²) >= 11 is 5.28. The summed E-state index contributed by atoms with van der Waals surface area (Å²) in [6.07, 6.45) is 2.38. The minimum absolute atomic E-state index is 0.513. The first-order valence-electron chi connectivity index (χ1n) is 6.33. The highest BCUT2D eigenvalue weighted by Crippen LogP contribution is 2.37. The third kappa shape index (κ3) is 2.55. The van der Waals surface area contributed by atoms with E-state index in [-0.39, 0.29) is 0 Å². The maximum absolute atomic E-state index is 4.50. The van der Waals surface area contributed by atoms with Crippen molar-refractivity contribution >= 4 is 27.7 Å². The van der Waals surface area contributed by atoms with Crippen molar-refractivity contribution in [3.8, 4) is 0 Å². The molecule has 0 unspecified atom stereocenters. The van der Waals surface area contributed by atoms with E-state index in [1.54, 1.807) is 11.8 Å². The van der Waals surface area contributed by atoms with E-state index in [9.17, 15) is 0 Å². The van der Waals surface area contributed by atoms with Gasteiger partial charge in [0.05, 0.1) is 21.9 Å². The van der Waals surface area contributed by atoms with E-state index in [0.717, 1.165) is 27.6 Å². The molecule has 1 aliphatic carbocycles. The maximum atomic E-state index is 4.50. The van der Waals surface area contributed by atoms with E-state index < -0.39 is 0 Å². The van der Waals surface area contributed by atoms with Gasteiger partial charge in [-0.3, -0.25) is 4.68 Å². The Hall–Kier alpha value is -0.890. The van der Waals surface area contributed by atoms with Crippen molar-refractivity contribution < 1.29 is 0 Å². The van der Waals surface area contributed by atoms with Crippen molar-refractivity contribution in [2.45, 2.75) is 50.2 Å². The van der Waals surface area contributed by atoms with E-state index >= 15 is 0 Å². The molecule has 6 nitrogen and oxygen atoms in total. The Bertz CT molecular complexity index is 588. The fourth-order valence-electron chi connectivity index (χ4n) is 1.97. The van der Waals surface area contributed by atoms with E-state index in [1.807, 2.05) is 16.3 Å². The van der Waals surface area contributed by atoms with Crippen LogP contribution < -0.4 is 0 Å². The van der Waals surface area contributed by atoms with Gasteiger partial charge in [-0.1, -0.05) is 11.8 Å². The molecule has 0 radical (unpaired) electrons. The molecule has 2 aromatic heterocycles. The molecule has 3 rings (SSSR count). The van der Waals surface area contributed by atoms with Gasteiger partial charge in [0.15, 0.2) is 0 Å². The van der Waals surface area contributed by atoms with Crippen LogP contribution in [0.1, 0.15) is 37.2 Å². The lowest BCUT2D eigenvalue weighted by Gasteiger charge is -2.05. The van der Waals surface area contributed by atoms with Crippen molar-refractivity contribution in [3.63, 3.8) is 0 Å². The van der Waals surface area contributed by atoms with Crippen LogP contribution >= 0.6 is 27.7 Å². The summed E-state index contributed by atoms with van der Waals surface area (Å²) in [5, 5.41) is 17.3. The van der Waals surface area contributed by atoms with E-state index in [1.165, 1.54) is 18.5 Å².